The molecule has 5 nitrogen and oxygen atoms in total. The second-order valence-electron chi connectivity index (χ2n) is 6.53. The summed E-state index contributed by atoms with van der Waals surface area (Å²) in [5.74, 6) is 0.648. The van der Waals surface area contributed by atoms with Gasteiger partial charge >= 0.3 is 6.03 Å². The Morgan fingerprint density at radius 3 is 2.54 bits per heavy atom. The van der Waals surface area contributed by atoms with Crippen LogP contribution in [0.2, 0.25) is 10.0 Å². The lowest BCUT2D eigenvalue weighted by atomic mass is 10.1. The fourth-order valence-electron chi connectivity index (χ4n) is 3.07. The number of hydrogen-bond acceptors (Lipinski definition) is 3. The number of nitrogens with two attached hydrogens (primary N) is 1. The molecule has 0 bridgehead atoms. The number of halogens is 2. The first-order chi connectivity index (χ1) is 13.4. The van der Waals surface area contributed by atoms with Crippen LogP contribution in [0.3, 0.4) is 0 Å². The summed E-state index contributed by atoms with van der Waals surface area (Å²) in [5.41, 5.74) is 7.02. The molecular weight excluding hydrogens is 417 g/mol. The van der Waals surface area contributed by atoms with E-state index in [1.165, 1.54) is 0 Å². The standard InChI is InChI=1S/C20H21Cl2N3O2S/c21-16-5-6-17(22)18(12-16)28-13-14-3-1-4-15(11-14)19(26)24-7-2-8-25(10-9-24)20(23)27/h1,3-6,11-12H,2,7-10,13H2,(H2,23,27). The number of benzene rings is 2. The van der Waals surface area contributed by atoms with E-state index >= 15 is 0 Å². The van der Waals surface area contributed by atoms with Gasteiger partial charge in [0.25, 0.3) is 5.91 Å². The molecule has 8 heteroatoms. The predicted molar refractivity (Wildman–Crippen MR) is 114 cm³/mol. The third kappa shape index (κ3) is 5.34. The molecule has 1 saturated heterocycles. The third-order valence-corrected chi connectivity index (χ3v) is 6.36. The molecule has 3 rings (SSSR count). The number of primary amides is 1. The van der Waals surface area contributed by atoms with Gasteiger partial charge < -0.3 is 15.5 Å². The number of hydrogen-bond donors (Lipinski definition) is 1. The van der Waals surface area contributed by atoms with Crippen LogP contribution >= 0.6 is 35.0 Å². The van der Waals surface area contributed by atoms with Crippen LogP contribution in [0.25, 0.3) is 0 Å². The summed E-state index contributed by atoms with van der Waals surface area (Å²) in [5, 5.41) is 1.30. The Balaban J connectivity index is 1.66. The Hall–Kier alpha value is -1.89. The maximum absolute atomic E-state index is 12.9. The van der Waals surface area contributed by atoms with E-state index in [0.29, 0.717) is 47.5 Å². The zero-order chi connectivity index (χ0) is 20.1. The molecule has 0 spiro atoms. The molecule has 0 aromatic heterocycles. The van der Waals surface area contributed by atoms with Crippen molar-refractivity contribution >= 4 is 46.9 Å². The summed E-state index contributed by atoms with van der Waals surface area (Å²) in [6, 6.07) is 12.5. The van der Waals surface area contributed by atoms with Crippen LogP contribution in [-0.2, 0) is 5.75 Å². The fraction of sp³-hybridized carbons (Fsp3) is 0.300. The van der Waals surface area contributed by atoms with Gasteiger partial charge in [0.1, 0.15) is 0 Å². The lowest BCUT2D eigenvalue weighted by Crippen LogP contribution is -2.39. The second kappa shape index (κ2) is 9.54. The van der Waals surface area contributed by atoms with Crippen LogP contribution < -0.4 is 5.73 Å². The quantitative estimate of drug-likeness (QED) is 0.715. The van der Waals surface area contributed by atoms with Gasteiger partial charge in [-0.3, -0.25) is 4.79 Å². The maximum atomic E-state index is 12.9. The molecular formula is C20H21Cl2N3O2S. The van der Waals surface area contributed by atoms with E-state index in [4.69, 9.17) is 28.9 Å². The van der Waals surface area contributed by atoms with Crippen molar-refractivity contribution < 1.29 is 9.59 Å². The molecule has 1 heterocycles. The van der Waals surface area contributed by atoms with Crippen LogP contribution in [0, 0.1) is 0 Å². The van der Waals surface area contributed by atoms with Crippen LogP contribution in [0.1, 0.15) is 22.3 Å². The van der Waals surface area contributed by atoms with Crippen molar-refractivity contribution in [2.24, 2.45) is 5.73 Å². The minimum absolute atomic E-state index is 0.0287. The summed E-state index contributed by atoms with van der Waals surface area (Å²) in [6.45, 7) is 2.14. The molecule has 1 aliphatic rings. The van der Waals surface area contributed by atoms with E-state index in [0.717, 1.165) is 16.9 Å². The Kier molecular flexibility index (Phi) is 7.10. The summed E-state index contributed by atoms with van der Waals surface area (Å²) in [6.07, 6.45) is 0.720. The van der Waals surface area contributed by atoms with Gasteiger partial charge in [-0.2, -0.15) is 0 Å². The highest BCUT2D eigenvalue weighted by atomic mass is 35.5. The van der Waals surface area contributed by atoms with Gasteiger partial charge in [0.15, 0.2) is 0 Å². The summed E-state index contributed by atoms with van der Waals surface area (Å²) >= 11 is 13.8. The topological polar surface area (TPSA) is 66.6 Å². The Morgan fingerprint density at radius 2 is 1.75 bits per heavy atom. The third-order valence-electron chi connectivity index (χ3n) is 4.56. The number of urea groups is 1. The monoisotopic (exact) mass is 437 g/mol. The highest BCUT2D eigenvalue weighted by Crippen LogP contribution is 2.32. The average Bonchev–Trinajstić information content (AvgIpc) is 2.95. The number of amides is 3. The molecule has 2 N–H and O–H groups in total. The minimum atomic E-state index is -0.437. The molecule has 0 aliphatic carbocycles. The van der Waals surface area contributed by atoms with E-state index in [2.05, 4.69) is 0 Å². The molecule has 2 aromatic carbocycles. The first kappa shape index (κ1) is 20.8. The molecule has 0 atom stereocenters. The highest BCUT2D eigenvalue weighted by molar-refractivity contribution is 7.98. The first-order valence-corrected chi connectivity index (χ1v) is 10.7. The minimum Gasteiger partial charge on any atom is -0.351 e. The first-order valence-electron chi connectivity index (χ1n) is 8.94. The number of thioether (sulfide) groups is 1. The van der Waals surface area contributed by atoms with Crippen LogP contribution in [-0.4, -0.2) is 47.9 Å². The normalized spacial score (nSPS) is 14.6. The van der Waals surface area contributed by atoms with Gasteiger partial charge in [-0.05, 0) is 42.3 Å². The van der Waals surface area contributed by atoms with Crippen molar-refractivity contribution in [2.45, 2.75) is 17.1 Å². The van der Waals surface area contributed by atoms with Crippen molar-refractivity contribution in [3.8, 4) is 0 Å². The molecule has 1 fully saturated rings. The molecule has 0 saturated carbocycles. The van der Waals surface area contributed by atoms with Crippen LogP contribution in [0.15, 0.2) is 47.4 Å². The highest BCUT2D eigenvalue weighted by Gasteiger charge is 2.21. The van der Waals surface area contributed by atoms with E-state index < -0.39 is 6.03 Å². The van der Waals surface area contributed by atoms with Gasteiger partial charge in [0, 0.05) is 47.4 Å². The van der Waals surface area contributed by atoms with Gasteiger partial charge in [0.2, 0.25) is 0 Å². The number of nitrogens with zero attached hydrogens (tertiary/aromatic N) is 2. The van der Waals surface area contributed by atoms with Crippen molar-refractivity contribution in [1.82, 2.24) is 9.80 Å². The van der Waals surface area contributed by atoms with E-state index in [1.807, 2.05) is 30.3 Å². The molecule has 148 valence electrons. The Bertz CT molecular complexity index is 878. The van der Waals surface area contributed by atoms with E-state index in [-0.39, 0.29) is 5.91 Å². The second-order valence-corrected chi connectivity index (χ2v) is 8.40. The predicted octanol–water partition coefficient (Wildman–Crippen LogP) is 4.51. The van der Waals surface area contributed by atoms with Crippen LogP contribution in [0.5, 0.6) is 0 Å². The zero-order valence-corrected chi connectivity index (χ0v) is 17.6. The number of carbonyl (C=O) groups is 2. The van der Waals surface area contributed by atoms with Crippen molar-refractivity contribution in [3.05, 3.63) is 63.6 Å². The molecule has 3 amide bonds. The lowest BCUT2D eigenvalue weighted by Gasteiger charge is -2.21. The van der Waals surface area contributed by atoms with Gasteiger partial charge in [-0.15, -0.1) is 11.8 Å². The van der Waals surface area contributed by atoms with Gasteiger partial charge in [-0.25, -0.2) is 4.79 Å². The maximum Gasteiger partial charge on any atom is 0.314 e. The van der Waals surface area contributed by atoms with Gasteiger partial charge in [0.05, 0.1) is 5.02 Å². The molecule has 0 radical (unpaired) electrons. The van der Waals surface area contributed by atoms with E-state index in [9.17, 15) is 9.59 Å². The lowest BCUT2D eigenvalue weighted by molar-refractivity contribution is 0.0762. The van der Waals surface area contributed by atoms with Gasteiger partial charge in [-0.1, -0.05) is 35.3 Å². The summed E-state index contributed by atoms with van der Waals surface area (Å²) in [4.78, 5) is 28.5. The molecule has 1 aliphatic heterocycles. The number of carbonyl (C=O) groups excluding carboxylic acids is 2. The SMILES string of the molecule is NC(=O)N1CCCN(C(=O)c2cccc(CSc3cc(Cl)ccc3Cl)c2)CC1. The van der Waals surface area contributed by atoms with Crippen molar-refractivity contribution in [1.29, 1.82) is 0 Å². The van der Waals surface area contributed by atoms with Crippen molar-refractivity contribution in [3.63, 3.8) is 0 Å². The van der Waals surface area contributed by atoms with Crippen LogP contribution in [0.4, 0.5) is 4.79 Å². The molecule has 2 aromatic rings. The van der Waals surface area contributed by atoms with Crippen molar-refractivity contribution in [2.75, 3.05) is 26.2 Å². The fourth-order valence-corrected chi connectivity index (χ4v) is 4.50. The summed E-state index contributed by atoms with van der Waals surface area (Å²) < 4.78 is 0. The smallest absolute Gasteiger partial charge is 0.314 e. The molecule has 0 unspecified atom stereocenters. The largest absolute Gasteiger partial charge is 0.351 e. The summed E-state index contributed by atoms with van der Waals surface area (Å²) in [7, 11) is 0. The Morgan fingerprint density at radius 1 is 1.00 bits per heavy atom. The van der Waals surface area contributed by atoms with E-state index in [1.54, 1.807) is 33.7 Å². The zero-order valence-electron chi connectivity index (χ0n) is 15.2. The Labute approximate surface area is 178 Å². The average molecular weight is 438 g/mol. The molecule has 28 heavy (non-hydrogen) atoms. The number of rotatable bonds is 4.